The van der Waals surface area contributed by atoms with Crippen LogP contribution >= 0.6 is 35.6 Å². The van der Waals surface area contributed by atoms with Gasteiger partial charge in [0.2, 0.25) is 0 Å². The van der Waals surface area contributed by atoms with Gasteiger partial charge in [0.15, 0.2) is 5.11 Å². The van der Waals surface area contributed by atoms with Crippen molar-refractivity contribution in [2.24, 2.45) is 10.8 Å². The number of rotatable bonds is 2. The number of halogens is 2. The van der Waals surface area contributed by atoms with Crippen LogP contribution in [0.1, 0.15) is 5.56 Å². The average Bonchev–Trinajstić information content (AvgIpc) is 2.32. The predicted octanol–water partition coefficient (Wildman–Crippen LogP) is 2.70. The molecular weight excluding hydrogens is 293 g/mol. The molecule has 0 fully saturated rings. The molecule has 1 aromatic rings. The van der Waals surface area contributed by atoms with Crippen molar-refractivity contribution in [1.82, 2.24) is 5.43 Å². The summed E-state index contributed by atoms with van der Waals surface area (Å²) in [5.41, 5.74) is 9.17. The van der Waals surface area contributed by atoms with Crippen molar-refractivity contribution in [3.63, 3.8) is 0 Å². The zero-order valence-corrected chi connectivity index (χ0v) is 11.5. The third-order valence-corrected chi connectivity index (χ3v) is 3.90. The molecule has 0 radical (unpaired) electrons. The van der Waals surface area contributed by atoms with Gasteiger partial charge < -0.3 is 5.73 Å². The Morgan fingerprint density at radius 2 is 2.39 bits per heavy atom. The summed E-state index contributed by atoms with van der Waals surface area (Å²) in [5.74, 6) is 0.354. The van der Waals surface area contributed by atoms with Crippen molar-refractivity contribution < 1.29 is 4.39 Å². The van der Waals surface area contributed by atoms with Crippen LogP contribution in [-0.4, -0.2) is 17.1 Å². The van der Waals surface area contributed by atoms with Crippen LogP contribution in [0.15, 0.2) is 33.8 Å². The zero-order chi connectivity index (χ0) is 13.1. The lowest BCUT2D eigenvalue weighted by Gasteiger charge is -2.16. The van der Waals surface area contributed by atoms with Crippen LogP contribution in [-0.2, 0) is 0 Å². The van der Waals surface area contributed by atoms with Crippen molar-refractivity contribution in [3.05, 3.63) is 35.2 Å². The standard InChI is InChI=1S/C11H9ClFN3S2/c12-10-6(4-15-16-11(14)17)5-18-9-2-1-7(13)3-8(9)10/h1-4H,5H2,(H3,14,16,17)/b15-4+. The largest absolute Gasteiger partial charge is 0.375 e. The van der Waals surface area contributed by atoms with E-state index in [1.807, 2.05) is 0 Å². The monoisotopic (exact) mass is 301 g/mol. The lowest BCUT2D eigenvalue weighted by Crippen LogP contribution is -2.24. The number of nitrogens with one attached hydrogen (secondary N) is 1. The fraction of sp³-hybridized carbons (Fsp3) is 0.0909. The molecule has 0 amide bonds. The van der Waals surface area contributed by atoms with E-state index in [9.17, 15) is 4.39 Å². The van der Waals surface area contributed by atoms with Crippen molar-refractivity contribution in [2.75, 3.05) is 5.75 Å². The summed E-state index contributed by atoms with van der Waals surface area (Å²) >= 11 is 12.4. The molecule has 3 N–H and O–H groups in total. The van der Waals surface area contributed by atoms with E-state index in [1.54, 1.807) is 24.0 Å². The van der Waals surface area contributed by atoms with E-state index >= 15 is 0 Å². The highest BCUT2D eigenvalue weighted by atomic mass is 35.5. The minimum atomic E-state index is -0.313. The molecule has 0 spiro atoms. The summed E-state index contributed by atoms with van der Waals surface area (Å²) in [6.45, 7) is 0. The Morgan fingerprint density at radius 1 is 1.61 bits per heavy atom. The van der Waals surface area contributed by atoms with E-state index in [1.165, 1.54) is 12.1 Å². The highest BCUT2D eigenvalue weighted by Crippen LogP contribution is 2.38. The molecule has 1 aliphatic rings. The quantitative estimate of drug-likeness (QED) is 0.501. The molecule has 0 bridgehead atoms. The maximum Gasteiger partial charge on any atom is 0.184 e. The van der Waals surface area contributed by atoms with Gasteiger partial charge in [0.05, 0.1) is 11.2 Å². The van der Waals surface area contributed by atoms with Crippen LogP contribution in [0.4, 0.5) is 4.39 Å². The molecule has 0 aliphatic carbocycles. The van der Waals surface area contributed by atoms with Gasteiger partial charge in [-0.25, -0.2) is 4.39 Å². The number of hydrogen-bond acceptors (Lipinski definition) is 3. The number of benzene rings is 1. The summed E-state index contributed by atoms with van der Waals surface area (Å²) < 4.78 is 13.2. The van der Waals surface area contributed by atoms with Crippen LogP contribution in [0.25, 0.3) is 5.03 Å². The number of hydrogen-bond donors (Lipinski definition) is 2. The number of thioether (sulfide) groups is 1. The maximum absolute atomic E-state index is 13.2. The van der Waals surface area contributed by atoms with E-state index in [2.05, 4.69) is 22.7 Å². The first-order chi connectivity index (χ1) is 8.58. The molecular formula is C11H9ClFN3S2. The van der Waals surface area contributed by atoms with Crippen molar-refractivity contribution >= 4 is 51.9 Å². The van der Waals surface area contributed by atoms with Gasteiger partial charge in [0.25, 0.3) is 0 Å². The first-order valence-corrected chi connectivity index (χ1v) is 6.75. The minimum absolute atomic E-state index is 0.0814. The fourth-order valence-corrected chi connectivity index (χ4v) is 2.93. The van der Waals surface area contributed by atoms with Gasteiger partial charge in [-0.2, -0.15) is 5.10 Å². The molecule has 0 aromatic heterocycles. The van der Waals surface area contributed by atoms with Crippen LogP contribution in [0.2, 0.25) is 0 Å². The lowest BCUT2D eigenvalue weighted by molar-refractivity contribution is 0.626. The molecule has 0 unspecified atom stereocenters. The maximum atomic E-state index is 13.2. The first kappa shape index (κ1) is 13.3. The summed E-state index contributed by atoms with van der Waals surface area (Å²) in [7, 11) is 0. The van der Waals surface area contributed by atoms with Crippen LogP contribution < -0.4 is 11.2 Å². The molecule has 0 saturated heterocycles. The molecule has 1 heterocycles. The van der Waals surface area contributed by atoms with E-state index < -0.39 is 0 Å². The van der Waals surface area contributed by atoms with Crippen LogP contribution in [0.3, 0.4) is 0 Å². The topological polar surface area (TPSA) is 50.4 Å². The summed E-state index contributed by atoms with van der Waals surface area (Å²) in [5, 5.41) is 4.43. The van der Waals surface area contributed by atoms with Gasteiger partial charge in [-0.3, -0.25) is 5.43 Å². The Kier molecular flexibility index (Phi) is 4.21. The Labute approximate surface area is 118 Å². The molecule has 18 heavy (non-hydrogen) atoms. The van der Waals surface area contributed by atoms with Gasteiger partial charge >= 0.3 is 0 Å². The molecule has 1 aliphatic heterocycles. The third-order valence-electron chi connectivity index (χ3n) is 2.24. The number of nitrogens with zero attached hydrogens (tertiary/aromatic N) is 1. The normalized spacial score (nSPS) is 14.8. The highest BCUT2D eigenvalue weighted by Gasteiger charge is 2.17. The Hall–Kier alpha value is -1.11. The molecule has 0 atom stereocenters. The highest BCUT2D eigenvalue weighted by molar-refractivity contribution is 7.99. The summed E-state index contributed by atoms with van der Waals surface area (Å²) in [4.78, 5) is 0.959. The van der Waals surface area contributed by atoms with E-state index in [0.29, 0.717) is 16.3 Å². The average molecular weight is 302 g/mol. The van der Waals surface area contributed by atoms with Crippen molar-refractivity contribution in [3.8, 4) is 0 Å². The number of thiocarbonyl (C=S) groups is 1. The molecule has 3 nitrogen and oxygen atoms in total. The Morgan fingerprint density at radius 3 is 3.11 bits per heavy atom. The third kappa shape index (κ3) is 3.01. The smallest absolute Gasteiger partial charge is 0.184 e. The number of nitrogens with two attached hydrogens (primary N) is 1. The number of hydrazone groups is 1. The molecule has 2 rings (SSSR count). The fourth-order valence-electron chi connectivity index (χ4n) is 1.46. The number of fused-ring (bicyclic) bond motifs is 1. The van der Waals surface area contributed by atoms with Gasteiger partial charge in [-0.05, 0) is 30.4 Å². The van der Waals surface area contributed by atoms with E-state index in [-0.39, 0.29) is 10.9 Å². The van der Waals surface area contributed by atoms with E-state index in [0.717, 1.165) is 10.5 Å². The minimum Gasteiger partial charge on any atom is -0.375 e. The molecule has 7 heteroatoms. The van der Waals surface area contributed by atoms with Gasteiger partial charge in [0.1, 0.15) is 5.82 Å². The van der Waals surface area contributed by atoms with E-state index in [4.69, 9.17) is 17.3 Å². The first-order valence-electron chi connectivity index (χ1n) is 4.98. The van der Waals surface area contributed by atoms with Gasteiger partial charge in [-0.15, -0.1) is 11.8 Å². The Balaban J connectivity index is 2.30. The second-order valence-corrected chi connectivity index (χ2v) is 5.34. The summed E-state index contributed by atoms with van der Waals surface area (Å²) in [6, 6.07) is 4.56. The molecule has 1 aromatic carbocycles. The second-order valence-electron chi connectivity index (χ2n) is 3.50. The van der Waals surface area contributed by atoms with Crippen molar-refractivity contribution in [1.29, 1.82) is 0 Å². The lowest BCUT2D eigenvalue weighted by atomic mass is 10.1. The van der Waals surface area contributed by atoms with Crippen LogP contribution in [0.5, 0.6) is 0 Å². The van der Waals surface area contributed by atoms with Gasteiger partial charge in [0, 0.05) is 21.8 Å². The second kappa shape index (κ2) is 5.69. The van der Waals surface area contributed by atoms with Gasteiger partial charge in [-0.1, -0.05) is 11.6 Å². The van der Waals surface area contributed by atoms with Crippen molar-refractivity contribution in [2.45, 2.75) is 4.90 Å². The Bertz CT molecular complexity index is 557. The zero-order valence-electron chi connectivity index (χ0n) is 9.11. The summed E-state index contributed by atoms with van der Waals surface area (Å²) in [6.07, 6.45) is 1.54. The molecule has 94 valence electrons. The molecule has 0 saturated carbocycles. The predicted molar refractivity (Wildman–Crippen MR) is 78.3 cm³/mol. The SMILES string of the molecule is NC(=S)N/N=C/C1=C(Cl)c2cc(F)ccc2SC1. The van der Waals surface area contributed by atoms with Crippen LogP contribution in [0, 0.1) is 5.82 Å².